The highest BCUT2D eigenvalue weighted by molar-refractivity contribution is 14.2. The first kappa shape index (κ1) is 20.1. The predicted octanol–water partition coefficient (Wildman–Crippen LogP) is 6.81. The van der Waals surface area contributed by atoms with Gasteiger partial charge in [0.1, 0.15) is 5.78 Å². The standard InChI is InChI=1S/C22H36IO2P/c1-14-8-11-22(13-25-26-23)16(12-14)4-5-17-19-7-6-18(15(2)24)21(19,3)10-9-20(17)22/h14,16-20,26H,4-13H2,1-3H3. The van der Waals surface area contributed by atoms with Crippen molar-refractivity contribution in [2.24, 2.45) is 46.3 Å². The molecule has 26 heavy (non-hydrogen) atoms. The molecule has 9 atom stereocenters. The Kier molecular flexibility index (Phi) is 5.84. The summed E-state index contributed by atoms with van der Waals surface area (Å²) in [6.07, 6.45) is 12.1. The lowest BCUT2D eigenvalue weighted by Gasteiger charge is -2.61. The van der Waals surface area contributed by atoms with Crippen LogP contribution >= 0.6 is 28.5 Å². The predicted molar refractivity (Wildman–Crippen MR) is 118 cm³/mol. The van der Waals surface area contributed by atoms with Gasteiger partial charge in [0.05, 0.1) is 13.1 Å². The minimum absolute atomic E-state index is 0.287. The van der Waals surface area contributed by atoms with Crippen molar-refractivity contribution in [2.45, 2.75) is 78.6 Å². The van der Waals surface area contributed by atoms with E-state index in [1.807, 2.05) is 6.92 Å². The third kappa shape index (κ3) is 3.05. The van der Waals surface area contributed by atoms with E-state index < -0.39 is 0 Å². The number of hydrogen-bond acceptors (Lipinski definition) is 2. The molecule has 0 bridgehead atoms. The van der Waals surface area contributed by atoms with Crippen molar-refractivity contribution in [2.75, 3.05) is 6.61 Å². The molecule has 2 nitrogen and oxygen atoms in total. The fourth-order valence-electron chi connectivity index (χ4n) is 8.37. The average molecular weight is 490 g/mol. The second-order valence-electron chi connectivity index (χ2n) is 10.4. The van der Waals surface area contributed by atoms with Gasteiger partial charge in [0.15, 0.2) is 0 Å². The molecule has 4 fully saturated rings. The fraction of sp³-hybridized carbons (Fsp3) is 0.955. The largest absolute Gasteiger partial charge is 0.351 e. The van der Waals surface area contributed by atoms with Crippen molar-refractivity contribution < 1.29 is 9.32 Å². The molecular formula is C22H36IO2P. The minimum atomic E-state index is 0.287. The first-order chi connectivity index (χ1) is 12.4. The maximum absolute atomic E-state index is 12.3. The van der Waals surface area contributed by atoms with Crippen LogP contribution in [-0.2, 0) is 9.32 Å². The molecule has 0 aliphatic heterocycles. The van der Waals surface area contributed by atoms with Crippen molar-refractivity contribution in [1.29, 1.82) is 0 Å². The summed E-state index contributed by atoms with van der Waals surface area (Å²) >= 11 is 2.40. The zero-order valence-corrected chi connectivity index (χ0v) is 19.9. The molecule has 148 valence electrons. The molecule has 4 aliphatic carbocycles. The molecule has 9 unspecified atom stereocenters. The number of fused-ring (bicyclic) bond motifs is 5. The van der Waals surface area contributed by atoms with E-state index in [1.54, 1.807) is 0 Å². The van der Waals surface area contributed by atoms with E-state index in [2.05, 4.69) is 35.9 Å². The summed E-state index contributed by atoms with van der Waals surface area (Å²) in [7, 11) is 0. The van der Waals surface area contributed by atoms with Crippen molar-refractivity contribution in [3.8, 4) is 0 Å². The highest BCUT2D eigenvalue weighted by Crippen LogP contribution is 2.68. The second kappa shape index (κ2) is 7.56. The second-order valence-corrected chi connectivity index (χ2v) is 12.2. The van der Waals surface area contributed by atoms with Gasteiger partial charge in [-0.05, 0) is 115 Å². The lowest BCUT2D eigenvalue weighted by molar-refractivity contribution is -0.146. The first-order valence-electron chi connectivity index (χ1n) is 10.9. The number of carbonyl (C=O) groups excluding carboxylic acids is 1. The lowest BCUT2D eigenvalue weighted by atomic mass is 9.44. The van der Waals surface area contributed by atoms with E-state index in [4.69, 9.17) is 4.52 Å². The zero-order valence-electron chi connectivity index (χ0n) is 16.7. The Labute approximate surface area is 174 Å². The summed E-state index contributed by atoms with van der Waals surface area (Å²) in [5.41, 5.74) is 0.734. The molecule has 4 heteroatoms. The summed E-state index contributed by atoms with van der Waals surface area (Å²) in [5.74, 6) is 5.06. The molecule has 0 aromatic carbocycles. The third-order valence-corrected chi connectivity index (χ3v) is 10.7. The van der Waals surface area contributed by atoms with Crippen LogP contribution in [0, 0.1) is 46.3 Å². The van der Waals surface area contributed by atoms with Crippen LogP contribution < -0.4 is 0 Å². The average Bonchev–Trinajstić information content (AvgIpc) is 2.97. The van der Waals surface area contributed by atoms with Crippen LogP contribution in [0.5, 0.6) is 0 Å². The molecule has 0 aromatic rings. The highest BCUT2D eigenvalue weighted by Gasteiger charge is 2.61. The van der Waals surface area contributed by atoms with Gasteiger partial charge < -0.3 is 4.52 Å². The van der Waals surface area contributed by atoms with Crippen molar-refractivity contribution in [1.82, 2.24) is 0 Å². The van der Waals surface area contributed by atoms with Crippen molar-refractivity contribution in [3.05, 3.63) is 0 Å². The van der Waals surface area contributed by atoms with Crippen LogP contribution in [0.15, 0.2) is 0 Å². The molecule has 0 saturated heterocycles. The van der Waals surface area contributed by atoms with Crippen LogP contribution in [-0.4, -0.2) is 12.4 Å². The maximum Gasteiger partial charge on any atom is 0.133 e. The van der Waals surface area contributed by atoms with Gasteiger partial charge in [-0.2, -0.15) is 0 Å². The fourth-order valence-corrected chi connectivity index (χ4v) is 9.17. The summed E-state index contributed by atoms with van der Waals surface area (Å²) in [5, 5.41) is 0. The van der Waals surface area contributed by atoms with Gasteiger partial charge in [0, 0.05) is 11.3 Å². The molecule has 4 aliphatic rings. The van der Waals surface area contributed by atoms with Crippen molar-refractivity contribution >= 4 is 34.3 Å². The Morgan fingerprint density at radius 1 is 1.12 bits per heavy atom. The highest BCUT2D eigenvalue weighted by atomic mass is 127. The number of Topliss-reactive ketones (excluding diaryl/α,β-unsaturated/α-hetero) is 1. The summed E-state index contributed by atoms with van der Waals surface area (Å²) in [6, 6.07) is 0. The van der Waals surface area contributed by atoms with Crippen LogP contribution in [0.1, 0.15) is 78.6 Å². The molecule has 4 saturated carbocycles. The first-order valence-corrected chi connectivity index (χ1v) is 14.9. The van der Waals surface area contributed by atoms with E-state index in [1.165, 1.54) is 51.4 Å². The Morgan fingerprint density at radius 2 is 1.92 bits per heavy atom. The molecule has 0 amide bonds. The van der Waals surface area contributed by atoms with E-state index in [9.17, 15) is 4.79 Å². The van der Waals surface area contributed by atoms with E-state index in [-0.39, 0.29) is 5.41 Å². The van der Waals surface area contributed by atoms with Gasteiger partial charge in [0.25, 0.3) is 0 Å². The normalized spacial score (nSPS) is 51.1. The molecule has 0 N–H and O–H groups in total. The number of halogens is 1. The van der Waals surface area contributed by atoms with E-state index in [0.29, 0.717) is 23.6 Å². The molecular weight excluding hydrogens is 454 g/mol. The smallest absolute Gasteiger partial charge is 0.133 e. The number of carbonyl (C=O) groups is 1. The van der Waals surface area contributed by atoms with Crippen LogP contribution in [0.4, 0.5) is 0 Å². The Bertz CT molecular complexity index is 550. The Balaban J connectivity index is 1.63. The number of hydrogen-bond donors (Lipinski definition) is 0. The summed E-state index contributed by atoms with van der Waals surface area (Å²) in [4.78, 5) is 12.3. The van der Waals surface area contributed by atoms with Crippen molar-refractivity contribution in [3.63, 3.8) is 0 Å². The van der Waals surface area contributed by atoms with Gasteiger partial charge >= 0.3 is 0 Å². The van der Waals surface area contributed by atoms with Gasteiger partial charge in [-0.15, -0.1) is 0 Å². The van der Waals surface area contributed by atoms with Gasteiger partial charge in [-0.1, -0.05) is 20.3 Å². The molecule has 0 aromatic heterocycles. The zero-order chi connectivity index (χ0) is 18.5. The Morgan fingerprint density at radius 3 is 2.65 bits per heavy atom. The van der Waals surface area contributed by atoms with Gasteiger partial charge in [-0.3, -0.25) is 4.79 Å². The monoisotopic (exact) mass is 490 g/mol. The quantitative estimate of drug-likeness (QED) is 0.320. The topological polar surface area (TPSA) is 26.3 Å². The molecule has 0 heterocycles. The maximum atomic E-state index is 12.3. The lowest BCUT2D eigenvalue weighted by Crippen LogP contribution is -2.56. The molecule has 0 spiro atoms. The SMILES string of the molecule is CC(=O)C1CCC2C3CCC4CC(C)CCC4(COPI)C3CCC12C. The summed E-state index contributed by atoms with van der Waals surface area (Å²) in [6.45, 7) is 8.38. The van der Waals surface area contributed by atoms with E-state index in [0.717, 1.165) is 42.6 Å². The van der Waals surface area contributed by atoms with Crippen LogP contribution in [0.2, 0.25) is 0 Å². The third-order valence-electron chi connectivity index (χ3n) is 9.51. The summed E-state index contributed by atoms with van der Waals surface area (Å²) < 4.78 is 6.17. The molecule has 4 rings (SSSR count). The van der Waals surface area contributed by atoms with Gasteiger partial charge in [0.2, 0.25) is 0 Å². The van der Waals surface area contributed by atoms with E-state index >= 15 is 0 Å². The molecule has 0 radical (unpaired) electrons. The number of rotatable bonds is 4. The minimum Gasteiger partial charge on any atom is -0.351 e. The van der Waals surface area contributed by atoms with Crippen LogP contribution in [0.3, 0.4) is 0 Å². The number of ketones is 1. The Hall–Kier alpha value is 0.790. The van der Waals surface area contributed by atoms with Gasteiger partial charge in [-0.25, -0.2) is 0 Å². The van der Waals surface area contributed by atoms with Crippen LogP contribution in [0.25, 0.3) is 0 Å².